The first-order chi connectivity index (χ1) is 13.3. The highest BCUT2D eigenvalue weighted by molar-refractivity contribution is 5.67. The van der Waals surface area contributed by atoms with Crippen molar-refractivity contribution in [3.8, 4) is 5.75 Å². The molecule has 0 bridgehead atoms. The van der Waals surface area contributed by atoms with Crippen LogP contribution in [0.25, 0.3) is 0 Å². The number of aryl methyl sites for hydroxylation is 1. The number of hydrogen-bond donors (Lipinski definition) is 0. The maximum absolute atomic E-state index is 11.5. The van der Waals surface area contributed by atoms with Crippen LogP contribution in [0.2, 0.25) is 0 Å². The van der Waals surface area contributed by atoms with E-state index < -0.39 is 42.5 Å². The topological polar surface area (TPSA) is 97.4 Å². The van der Waals surface area contributed by atoms with Gasteiger partial charge >= 0.3 is 17.9 Å². The molecule has 0 aliphatic carbocycles. The monoisotopic (exact) mass is 394 g/mol. The third-order valence-corrected chi connectivity index (χ3v) is 4.15. The molecule has 1 aliphatic rings. The van der Waals surface area contributed by atoms with E-state index in [-0.39, 0.29) is 13.0 Å². The van der Waals surface area contributed by atoms with Gasteiger partial charge in [-0.25, -0.2) is 0 Å². The first-order valence-corrected chi connectivity index (χ1v) is 9.17. The van der Waals surface area contributed by atoms with Gasteiger partial charge < -0.3 is 23.7 Å². The fourth-order valence-electron chi connectivity index (χ4n) is 2.93. The summed E-state index contributed by atoms with van der Waals surface area (Å²) in [5.74, 6) is -1.01. The molecule has 1 aliphatic heterocycles. The Hall–Kier alpha value is -2.61. The van der Waals surface area contributed by atoms with Crippen molar-refractivity contribution in [2.75, 3.05) is 6.61 Å². The molecule has 4 atom stereocenters. The number of hydrogen-bond acceptors (Lipinski definition) is 8. The van der Waals surface area contributed by atoms with Crippen molar-refractivity contribution in [3.05, 3.63) is 29.8 Å². The minimum absolute atomic E-state index is 0.156. The van der Waals surface area contributed by atoms with Crippen LogP contribution >= 0.6 is 0 Å². The molecular weight excluding hydrogens is 368 g/mol. The zero-order valence-corrected chi connectivity index (χ0v) is 16.5. The summed E-state index contributed by atoms with van der Waals surface area (Å²) in [6.45, 7) is 5.65. The second-order valence-corrected chi connectivity index (χ2v) is 6.48. The first kappa shape index (κ1) is 21.7. The van der Waals surface area contributed by atoms with E-state index in [1.807, 2.05) is 24.3 Å². The molecule has 0 aromatic heterocycles. The molecule has 28 heavy (non-hydrogen) atoms. The summed E-state index contributed by atoms with van der Waals surface area (Å²) >= 11 is 0. The second kappa shape index (κ2) is 10.1. The van der Waals surface area contributed by atoms with Gasteiger partial charge in [-0.2, -0.15) is 0 Å². The Labute approximate surface area is 164 Å². The molecule has 1 heterocycles. The van der Waals surface area contributed by atoms with Gasteiger partial charge in [0.2, 0.25) is 6.29 Å². The average Bonchev–Trinajstić information content (AvgIpc) is 2.62. The van der Waals surface area contributed by atoms with Crippen molar-refractivity contribution in [2.45, 2.75) is 65.1 Å². The molecule has 0 saturated carbocycles. The quantitative estimate of drug-likeness (QED) is 0.513. The fraction of sp³-hybridized carbons (Fsp3) is 0.550. The molecule has 1 saturated heterocycles. The lowest BCUT2D eigenvalue weighted by Gasteiger charge is -2.39. The van der Waals surface area contributed by atoms with Crippen molar-refractivity contribution in [1.82, 2.24) is 0 Å². The molecule has 8 nitrogen and oxygen atoms in total. The van der Waals surface area contributed by atoms with Crippen LogP contribution in [-0.4, -0.2) is 49.1 Å². The van der Waals surface area contributed by atoms with Gasteiger partial charge in [-0.05, 0) is 24.1 Å². The fourth-order valence-corrected chi connectivity index (χ4v) is 2.93. The van der Waals surface area contributed by atoms with Gasteiger partial charge in [-0.15, -0.1) is 0 Å². The molecule has 2 rings (SSSR count). The van der Waals surface area contributed by atoms with Gasteiger partial charge in [-0.1, -0.05) is 19.1 Å². The molecule has 0 radical (unpaired) electrons. The number of ether oxygens (including phenoxy) is 5. The van der Waals surface area contributed by atoms with Gasteiger partial charge in [0.1, 0.15) is 24.6 Å². The Morgan fingerprint density at radius 3 is 2.18 bits per heavy atom. The highest BCUT2D eigenvalue weighted by Gasteiger charge is 2.44. The zero-order chi connectivity index (χ0) is 20.7. The third-order valence-electron chi connectivity index (χ3n) is 4.15. The molecule has 1 aromatic carbocycles. The molecule has 1 fully saturated rings. The van der Waals surface area contributed by atoms with Crippen molar-refractivity contribution in [2.24, 2.45) is 0 Å². The lowest BCUT2D eigenvalue weighted by atomic mass is 10.0. The number of carbonyl (C=O) groups excluding carboxylic acids is 3. The molecule has 0 amide bonds. The van der Waals surface area contributed by atoms with E-state index in [1.165, 1.54) is 20.8 Å². The number of rotatable bonds is 7. The van der Waals surface area contributed by atoms with Crippen LogP contribution in [-0.2, 0) is 39.8 Å². The van der Waals surface area contributed by atoms with Crippen molar-refractivity contribution >= 4 is 17.9 Å². The second-order valence-electron chi connectivity index (χ2n) is 6.48. The van der Waals surface area contributed by atoms with E-state index in [9.17, 15) is 14.4 Å². The van der Waals surface area contributed by atoms with Crippen LogP contribution in [0.5, 0.6) is 5.75 Å². The van der Waals surface area contributed by atoms with Crippen LogP contribution in [0, 0.1) is 0 Å². The number of esters is 3. The third kappa shape index (κ3) is 6.53. The lowest BCUT2D eigenvalue weighted by molar-refractivity contribution is -0.245. The van der Waals surface area contributed by atoms with E-state index in [0.29, 0.717) is 5.75 Å². The number of benzene rings is 1. The minimum atomic E-state index is -0.914. The first-order valence-electron chi connectivity index (χ1n) is 9.17. The largest absolute Gasteiger partial charge is 0.465 e. The van der Waals surface area contributed by atoms with Crippen LogP contribution < -0.4 is 4.74 Å². The van der Waals surface area contributed by atoms with Crippen molar-refractivity contribution in [1.29, 1.82) is 0 Å². The summed E-state index contributed by atoms with van der Waals surface area (Å²) in [6, 6.07) is 7.53. The summed E-state index contributed by atoms with van der Waals surface area (Å²) in [7, 11) is 0. The van der Waals surface area contributed by atoms with Crippen LogP contribution in [0.15, 0.2) is 24.3 Å². The molecule has 4 unspecified atom stereocenters. The summed E-state index contributed by atoms with van der Waals surface area (Å²) in [6.07, 6.45) is -2.26. The molecule has 0 N–H and O–H groups in total. The highest BCUT2D eigenvalue weighted by atomic mass is 16.7. The van der Waals surface area contributed by atoms with E-state index in [1.54, 1.807) is 0 Å². The Kier molecular flexibility index (Phi) is 7.80. The van der Waals surface area contributed by atoms with E-state index in [4.69, 9.17) is 23.7 Å². The highest BCUT2D eigenvalue weighted by Crippen LogP contribution is 2.28. The summed E-state index contributed by atoms with van der Waals surface area (Å²) in [5, 5.41) is 0. The standard InChI is InChI=1S/C20H26O8/c1-5-15-6-8-16(9-7-15)27-19-10-17(25-13(3)22)20(26-14(4)23)18(28-19)11-24-12(2)21/h6-9,17-20H,5,10-11H2,1-4H3. The zero-order valence-electron chi connectivity index (χ0n) is 16.5. The van der Waals surface area contributed by atoms with Gasteiger partial charge in [0.05, 0.1) is 6.42 Å². The van der Waals surface area contributed by atoms with Crippen molar-refractivity contribution < 1.29 is 38.1 Å². The van der Waals surface area contributed by atoms with Gasteiger partial charge in [-0.3, -0.25) is 14.4 Å². The number of carbonyl (C=O) groups is 3. The Morgan fingerprint density at radius 1 is 1.00 bits per heavy atom. The molecule has 154 valence electrons. The molecule has 8 heteroatoms. The van der Waals surface area contributed by atoms with Crippen LogP contribution in [0.4, 0.5) is 0 Å². The van der Waals surface area contributed by atoms with Gasteiger partial charge in [0, 0.05) is 20.8 Å². The normalized spacial score (nSPS) is 24.1. The summed E-state index contributed by atoms with van der Waals surface area (Å²) in [4.78, 5) is 34.2. The maximum atomic E-state index is 11.5. The Balaban J connectivity index is 2.18. The van der Waals surface area contributed by atoms with Crippen LogP contribution in [0.3, 0.4) is 0 Å². The maximum Gasteiger partial charge on any atom is 0.303 e. The predicted octanol–water partition coefficient (Wildman–Crippen LogP) is 2.17. The minimum Gasteiger partial charge on any atom is -0.465 e. The summed E-state index contributed by atoms with van der Waals surface area (Å²) < 4.78 is 27.4. The summed E-state index contributed by atoms with van der Waals surface area (Å²) in [5.41, 5.74) is 1.16. The molecule has 1 aromatic rings. The smallest absolute Gasteiger partial charge is 0.303 e. The Morgan fingerprint density at radius 2 is 1.64 bits per heavy atom. The van der Waals surface area contributed by atoms with Crippen LogP contribution in [0.1, 0.15) is 39.7 Å². The SMILES string of the molecule is CCc1ccc(OC2CC(OC(C)=O)C(OC(C)=O)C(COC(C)=O)O2)cc1. The molecular formula is C20H26O8. The van der Waals surface area contributed by atoms with Gasteiger partial charge in [0.15, 0.2) is 6.10 Å². The van der Waals surface area contributed by atoms with Crippen molar-refractivity contribution in [3.63, 3.8) is 0 Å². The van der Waals surface area contributed by atoms with Gasteiger partial charge in [0.25, 0.3) is 0 Å². The predicted molar refractivity (Wildman–Crippen MR) is 97.5 cm³/mol. The van der Waals surface area contributed by atoms with E-state index in [2.05, 4.69) is 6.92 Å². The van der Waals surface area contributed by atoms with E-state index >= 15 is 0 Å². The van der Waals surface area contributed by atoms with E-state index in [0.717, 1.165) is 12.0 Å². The Bertz CT molecular complexity index is 684. The molecule has 0 spiro atoms. The average molecular weight is 394 g/mol. The lowest BCUT2D eigenvalue weighted by Crippen LogP contribution is -2.54.